The maximum Gasteiger partial charge on any atom is 0.307 e. The summed E-state index contributed by atoms with van der Waals surface area (Å²) in [4.78, 5) is 23.9. The normalized spacial score (nSPS) is 11.4. The number of carbonyl (C=O) groups is 2. The summed E-state index contributed by atoms with van der Waals surface area (Å²) in [5.41, 5.74) is 1.58. The van der Waals surface area contributed by atoms with Crippen LogP contribution in [0.15, 0.2) is 42.5 Å². The van der Waals surface area contributed by atoms with Crippen LogP contribution in [0, 0.1) is 12.7 Å². The Morgan fingerprint density at radius 3 is 2.41 bits per heavy atom. The summed E-state index contributed by atoms with van der Waals surface area (Å²) >= 11 is 0. The van der Waals surface area contributed by atoms with Crippen LogP contribution in [0.1, 0.15) is 23.6 Å². The van der Waals surface area contributed by atoms with E-state index in [-0.39, 0.29) is 13.0 Å². The predicted octanol–water partition coefficient (Wildman–Crippen LogP) is 2.94. The third-order valence-corrected chi connectivity index (χ3v) is 3.88. The third kappa shape index (κ3) is 5.99. The molecule has 0 radical (unpaired) electrons. The summed E-state index contributed by atoms with van der Waals surface area (Å²) < 4.78 is 28.6. The molecule has 0 saturated carbocycles. The van der Waals surface area contributed by atoms with Crippen LogP contribution in [0.3, 0.4) is 0 Å². The Morgan fingerprint density at radius 2 is 1.78 bits per heavy atom. The van der Waals surface area contributed by atoms with Gasteiger partial charge >= 0.3 is 5.97 Å². The summed E-state index contributed by atoms with van der Waals surface area (Å²) in [6.45, 7) is 1.65. The Hall–Kier alpha value is -3.09. The van der Waals surface area contributed by atoms with Crippen molar-refractivity contribution < 1.29 is 28.2 Å². The van der Waals surface area contributed by atoms with Gasteiger partial charge in [0.05, 0.1) is 26.7 Å². The minimum absolute atomic E-state index is 0.0816. The Balaban J connectivity index is 2.04. The van der Waals surface area contributed by atoms with Gasteiger partial charge in [0.1, 0.15) is 5.82 Å². The monoisotopic (exact) mass is 375 g/mol. The van der Waals surface area contributed by atoms with Crippen molar-refractivity contribution in [3.05, 3.63) is 59.4 Å². The number of amides is 1. The molecular formula is C20H22FNO5. The molecule has 1 N–H and O–H groups in total. The lowest BCUT2D eigenvalue weighted by molar-refractivity contribution is -0.141. The number of hydrogen-bond acceptors (Lipinski definition) is 5. The summed E-state index contributed by atoms with van der Waals surface area (Å²) in [5.74, 6) is -0.379. The molecule has 7 heteroatoms. The highest BCUT2D eigenvalue weighted by molar-refractivity contribution is 5.79. The van der Waals surface area contributed by atoms with E-state index >= 15 is 0 Å². The molecule has 0 aliphatic heterocycles. The molecule has 1 amide bonds. The fourth-order valence-corrected chi connectivity index (χ4v) is 2.47. The van der Waals surface area contributed by atoms with Crippen LogP contribution < -0.4 is 14.8 Å². The van der Waals surface area contributed by atoms with Gasteiger partial charge in [-0.3, -0.25) is 9.59 Å². The molecule has 0 bridgehead atoms. The van der Waals surface area contributed by atoms with Crippen LogP contribution in [-0.2, 0) is 14.3 Å². The van der Waals surface area contributed by atoms with Gasteiger partial charge in [0.25, 0.3) is 5.91 Å². The first-order chi connectivity index (χ1) is 12.9. The number of halogens is 1. The van der Waals surface area contributed by atoms with Gasteiger partial charge in [0.15, 0.2) is 18.1 Å². The van der Waals surface area contributed by atoms with Crippen LogP contribution in [0.4, 0.5) is 4.39 Å². The molecule has 1 atom stereocenters. The van der Waals surface area contributed by atoms with E-state index in [1.165, 1.54) is 38.5 Å². The van der Waals surface area contributed by atoms with Crippen molar-refractivity contribution >= 4 is 11.9 Å². The Bertz CT molecular complexity index is 791. The molecule has 0 saturated heterocycles. The number of rotatable bonds is 8. The van der Waals surface area contributed by atoms with Crippen molar-refractivity contribution in [3.63, 3.8) is 0 Å². The number of nitrogens with one attached hydrogen (secondary N) is 1. The molecule has 0 heterocycles. The van der Waals surface area contributed by atoms with Crippen LogP contribution in [0.25, 0.3) is 0 Å². The zero-order valence-corrected chi connectivity index (χ0v) is 15.5. The molecule has 2 rings (SSSR count). The number of methoxy groups -OCH3 is 2. The van der Waals surface area contributed by atoms with Gasteiger partial charge in [-0.05, 0) is 42.3 Å². The molecule has 0 aliphatic rings. The molecule has 6 nitrogen and oxygen atoms in total. The second-order valence-corrected chi connectivity index (χ2v) is 5.89. The molecule has 2 aromatic carbocycles. The Labute approximate surface area is 157 Å². The fraction of sp³-hybridized carbons (Fsp3) is 0.300. The smallest absolute Gasteiger partial charge is 0.307 e. The van der Waals surface area contributed by atoms with Crippen molar-refractivity contribution in [1.29, 1.82) is 0 Å². The first kappa shape index (κ1) is 20.2. The van der Waals surface area contributed by atoms with Crippen molar-refractivity contribution in [2.75, 3.05) is 20.8 Å². The SMILES string of the molecule is COC(=O)CC(NC(=O)COc1ccc(C)cc1OC)c1ccc(F)cc1. The maximum atomic E-state index is 13.1. The summed E-state index contributed by atoms with van der Waals surface area (Å²) in [7, 11) is 2.78. The summed E-state index contributed by atoms with van der Waals surface area (Å²) in [5, 5.41) is 2.71. The van der Waals surface area contributed by atoms with Crippen molar-refractivity contribution in [1.82, 2.24) is 5.32 Å². The van der Waals surface area contributed by atoms with E-state index in [0.29, 0.717) is 17.1 Å². The third-order valence-electron chi connectivity index (χ3n) is 3.88. The van der Waals surface area contributed by atoms with Gasteiger partial charge in [0.2, 0.25) is 0 Å². The van der Waals surface area contributed by atoms with Crippen molar-refractivity contribution in [3.8, 4) is 11.5 Å². The molecule has 0 spiro atoms. The number of ether oxygens (including phenoxy) is 3. The first-order valence-corrected chi connectivity index (χ1v) is 8.32. The van der Waals surface area contributed by atoms with Gasteiger partial charge in [-0.15, -0.1) is 0 Å². The molecule has 0 aliphatic carbocycles. The van der Waals surface area contributed by atoms with E-state index in [1.807, 2.05) is 13.0 Å². The van der Waals surface area contributed by atoms with Crippen molar-refractivity contribution in [2.45, 2.75) is 19.4 Å². The molecule has 0 aromatic heterocycles. The lowest BCUT2D eigenvalue weighted by Crippen LogP contribution is -2.34. The highest BCUT2D eigenvalue weighted by Gasteiger charge is 2.19. The Kier molecular flexibility index (Phi) is 7.16. The minimum atomic E-state index is -0.658. The van der Waals surface area contributed by atoms with E-state index in [2.05, 4.69) is 10.1 Å². The quantitative estimate of drug-likeness (QED) is 0.718. The highest BCUT2D eigenvalue weighted by Crippen LogP contribution is 2.27. The highest BCUT2D eigenvalue weighted by atomic mass is 19.1. The van der Waals surface area contributed by atoms with E-state index in [1.54, 1.807) is 12.1 Å². The number of hydrogen-bond donors (Lipinski definition) is 1. The van der Waals surface area contributed by atoms with Crippen molar-refractivity contribution in [2.24, 2.45) is 0 Å². The predicted molar refractivity (Wildman–Crippen MR) is 97.1 cm³/mol. The van der Waals surface area contributed by atoms with Gasteiger partial charge in [-0.25, -0.2) is 4.39 Å². The fourth-order valence-electron chi connectivity index (χ4n) is 2.47. The van der Waals surface area contributed by atoms with Gasteiger partial charge in [-0.1, -0.05) is 18.2 Å². The topological polar surface area (TPSA) is 73.9 Å². The zero-order valence-electron chi connectivity index (χ0n) is 15.5. The number of benzene rings is 2. The minimum Gasteiger partial charge on any atom is -0.493 e. The van der Waals surface area contributed by atoms with Gasteiger partial charge in [-0.2, -0.15) is 0 Å². The van der Waals surface area contributed by atoms with Crippen LogP contribution in [-0.4, -0.2) is 32.7 Å². The maximum absolute atomic E-state index is 13.1. The molecule has 27 heavy (non-hydrogen) atoms. The van der Waals surface area contributed by atoms with Gasteiger partial charge < -0.3 is 19.5 Å². The first-order valence-electron chi connectivity index (χ1n) is 8.32. The summed E-state index contributed by atoms with van der Waals surface area (Å²) in [6.07, 6.45) is -0.0816. The van der Waals surface area contributed by atoms with E-state index in [0.717, 1.165) is 5.56 Å². The lowest BCUT2D eigenvalue weighted by Gasteiger charge is -2.19. The number of esters is 1. The zero-order chi connectivity index (χ0) is 19.8. The van der Waals surface area contributed by atoms with Crippen LogP contribution >= 0.6 is 0 Å². The van der Waals surface area contributed by atoms with E-state index in [9.17, 15) is 14.0 Å². The molecule has 144 valence electrons. The van der Waals surface area contributed by atoms with Crippen LogP contribution in [0.2, 0.25) is 0 Å². The molecule has 0 fully saturated rings. The van der Waals surface area contributed by atoms with E-state index < -0.39 is 23.7 Å². The number of aryl methyl sites for hydroxylation is 1. The lowest BCUT2D eigenvalue weighted by atomic mass is 10.0. The standard InChI is InChI=1S/C20H22FNO5/c1-13-4-9-17(18(10-13)25-2)27-12-19(23)22-16(11-20(24)26-3)14-5-7-15(21)8-6-14/h4-10,16H,11-12H2,1-3H3,(H,22,23). The number of carbonyl (C=O) groups excluding carboxylic acids is 2. The Morgan fingerprint density at radius 1 is 1.07 bits per heavy atom. The second kappa shape index (κ2) is 9.56. The average molecular weight is 375 g/mol. The van der Waals surface area contributed by atoms with Crippen LogP contribution in [0.5, 0.6) is 11.5 Å². The average Bonchev–Trinajstić information content (AvgIpc) is 2.66. The van der Waals surface area contributed by atoms with E-state index in [4.69, 9.17) is 9.47 Å². The molecule has 2 aromatic rings. The summed E-state index contributed by atoms with van der Waals surface area (Å²) in [6, 6.07) is 10.2. The molecule has 1 unspecified atom stereocenters. The van der Waals surface area contributed by atoms with Gasteiger partial charge in [0, 0.05) is 0 Å². The largest absolute Gasteiger partial charge is 0.493 e. The second-order valence-electron chi connectivity index (χ2n) is 5.89. The molecular weight excluding hydrogens is 353 g/mol.